The first-order valence-corrected chi connectivity index (χ1v) is 8.93. The third-order valence-corrected chi connectivity index (χ3v) is 5.22. The van der Waals surface area contributed by atoms with E-state index in [4.69, 9.17) is 19.9 Å². The molecule has 1 atom stereocenters. The van der Waals surface area contributed by atoms with Crippen molar-refractivity contribution in [1.29, 1.82) is 5.26 Å². The van der Waals surface area contributed by atoms with Crippen molar-refractivity contribution in [2.75, 3.05) is 14.2 Å². The van der Waals surface area contributed by atoms with E-state index >= 15 is 0 Å². The minimum atomic E-state index is -0.729. The van der Waals surface area contributed by atoms with E-state index in [1.165, 1.54) is 7.11 Å². The topological polar surface area (TPSA) is 99.5 Å². The summed E-state index contributed by atoms with van der Waals surface area (Å²) in [6.07, 6.45) is 0. The molecule has 7 nitrogen and oxygen atoms in total. The minimum Gasteiger partial charge on any atom is -0.497 e. The second-order valence-corrected chi connectivity index (χ2v) is 6.66. The molecule has 0 spiro atoms. The highest BCUT2D eigenvalue weighted by Crippen LogP contribution is 2.46. The number of allylic oxidation sites excluding steroid dienone is 1. The van der Waals surface area contributed by atoms with E-state index in [1.807, 2.05) is 24.3 Å². The minimum absolute atomic E-state index is 0.0266. The van der Waals surface area contributed by atoms with Crippen LogP contribution in [0.3, 0.4) is 0 Å². The molecule has 1 aromatic heterocycles. The van der Waals surface area contributed by atoms with E-state index in [0.29, 0.717) is 33.9 Å². The van der Waals surface area contributed by atoms with E-state index in [1.54, 1.807) is 36.9 Å². The van der Waals surface area contributed by atoms with Gasteiger partial charge < -0.3 is 24.5 Å². The molecule has 2 aromatic carbocycles. The van der Waals surface area contributed by atoms with Crippen molar-refractivity contribution in [3.05, 3.63) is 75.4 Å². The average molecular weight is 389 g/mol. The molecule has 29 heavy (non-hydrogen) atoms. The van der Waals surface area contributed by atoms with Crippen LogP contribution < -0.4 is 25.5 Å². The predicted molar refractivity (Wildman–Crippen MR) is 108 cm³/mol. The number of para-hydroxylation sites is 1. The number of nitrogens with zero attached hydrogens (tertiary/aromatic N) is 2. The lowest BCUT2D eigenvalue weighted by Gasteiger charge is -2.28. The van der Waals surface area contributed by atoms with Gasteiger partial charge in [-0.1, -0.05) is 18.2 Å². The Balaban J connectivity index is 2.11. The molecule has 1 aliphatic heterocycles. The molecule has 7 heteroatoms. The number of ether oxygens (including phenoxy) is 3. The van der Waals surface area contributed by atoms with Gasteiger partial charge in [0.1, 0.15) is 28.9 Å². The van der Waals surface area contributed by atoms with Gasteiger partial charge in [-0.05, 0) is 18.2 Å². The zero-order valence-corrected chi connectivity index (χ0v) is 16.2. The second-order valence-electron chi connectivity index (χ2n) is 6.66. The molecule has 0 bridgehead atoms. The van der Waals surface area contributed by atoms with Crippen LogP contribution in [-0.4, -0.2) is 18.8 Å². The average Bonchev–Trinajstić information content (AvgIpc) is 2.76. The number of nitrogens with two attached hydrogens (primary N) is 1. The molecule has 1 aliphatic rings. The molecular formula is C22H19N3O4. The van der Waals surface area contributed by atoms with Crippen LogP contribution in [0.1, 0.15) is 17.0 Å². The molecule has 2 N–H and O–H groups in total. The lowest BCUT2D eigenvalue weighted by molar-refractivity contribution is 0.382. The van der Waals surface area contributed by atoms with Crippen molar-refractivity contribution >= 4 is 10.9 Å². The Morgan fingerprint density at radius 2 is 1.93 bits per heavy atom. The van der Waals surface area contributed by atoms with E-state index in [0.717, 1.165) is 5.39 Å². The summed E-state index contributed by atoms with van der Waals surface area (Å²) in [6.45, 7) is 0. The molecule has 0 aliphatic carbocycles. The lowest BCUT2D eigenvalue weighted by atomic mass is 9.83. The monoisotopic (exact) mass is 389 g/mol. The van der Waals surface area contributed by atoms with E-state index in [2.05, 4.69) is 6.07 Å². The number of aromatic nitrogens is 1. The van der Waals surface area contributed by atoms with Gasteiger partial charge in [-0.2, -0.15) is 5.26 Å². The normalized spacial score (nSPS) is 15.4. The van der Waals surface area contributed by atoms with Crippen molar-refractivity contribution in [2.45, 2.75) is 5.92 Å². The standard InChI is InChI=1S/C22H19N3O4/c1-25-16-7-5-4-6-13(16)20-19(22(25)26)18(15(11-23)21(24)29-20)14-9-8-12(27-2)10-17(14)28-3/h4-10,18H,24H2,1-3H3/t18-/m1/s1. The number of pyridine rings is 1. The van der Waals surface area contributed by atoms with E-state index in [-0.39, 0.29) is 17.0 Å². The summed E-state index contributed by atoms with van der Waals surface area (Å²) in [5, 5.41) is 10.6. The quantitative estimate of drug-likeness (QED) is 0.739. The number of benzene rings is 2. The lowest BCUT2D eigenvalue weighted by Crippen LogP contribution is -2.31. The van der Waals surface area contributed by atoms with Crippen molar-refractivity contribution < 1.29 is 14.2 Å². The van der Waals surface area contributed by atoms with Gasteiger partial charge in [0.15, 0.2) is 0 Å². The molecule has 0 radical (unpaired) electrons. The van der Waals surface area contributed by atoms with Crippen molar-refractivity contribution in [1.82, 2.24) is 4.57 Å². The second kappa shape index (κ2) is 6.91. The van der Waals surface area contributed by atoms with Gasteiger partial charge in [0.2, 0.25) is 5.88 Å². The molecule has 0 unspecified atom stereocenters. The fourth-order valence-electron chi connectivity index (χ4n) is 3.79. The number of hydrogen-bond donors (Lipinski definition) is 1. The third kappa shape index (κ3) is 2.69. The first-order valence-electron chi connectivity index (χ1n) is 8.93. The fourth-order valence-corrected chi connectivity index (χ4v) is 3.79. The number of methoxy groups -OCH3 is 2. The zero-order chi connectivity index (χ0) is 20.7. The van der Waals surface area contributed by atoms with Crippen LogP contribution in [0.15, 0.2) is 58.7 Å². The van der Waals surface area contributed by atoms with Crippen LogP contribution in [0.2, 0.25) is 0 Å². The smallest absolute Gasteiger partial charge is 0.258 e. The van der Waals surface area contributed by atoms with Crippen molar-refractivity contribution in [3.63, 3.8) is 0 Å². The first-order chi connectivity index (χ1) is 14.0. The van der Waals surface area contributed by atoms with Gasteiger partial charge in [0, 0.05) is 24.1 Å². The molecule has 2 heterocycles. The van der Waals surface area contributed by atoms with Crippen LogP contribution in [-0.2, 0) is 7.05 Å². The number of nitriles is 1. The summed E-state index contributed by atoms with van der Waals surface area (Å²) >= 11 is 0. The molecule has 0 saturated carbocycles. The Morgan fingerprint density at radius 1 is 1.17 bits per heavy atom. The predicted octanol–water partition coefficient (Wildman–Crippen LogP) is 2.77. The van der Waals surface area contributed by atoms with Gasteiger partial charge >= 0.3 is 0 Å². The van der Waals surface area contributed by atoms with Gasteiger partial charge in [0.25, 0.3) is 5.56 Å². The van der Waals surface area contributed by atoms with Crippen molar-refractivity contribution in [2.24, 2.45) is 12.8 Å². The first kappa shape index (κ1) is 18.4. The van der Waals surface area contributed by atoms with Gasteiger partial charge in [-0.15, -0.1) is 0 Å². The molecule has 146 valence electrons. The zero-order valence-electron chi connectivity index (χ0n) is 16.2. The maximum Gasteiger partial charge on any atom is 0.258 e. The number of aryl methyl sites for hydroxylation is 1. The molecule has 0 fully saturated rings. The van der Waals surface area contributed by atoms with Crippen LogP contribution >= 0.6 is 0 Å². The van der Waals surface area contributed by atoms with Gasteiger partial charge in [-0.25, -0.2) is 0 Å². The maximum absolute atomic E-state index is 13.3. The molecule has 0 amide bonds. The summed E-state index contributed by atoms with van der Waals surface area (Å²) in [7, 11) is 4.77. The highest BCUT2D eigenvalue weighted by molar-refractivity contribution is 5.88. The Labute approximate surface area is 167 Å². The van der Waals surface area contributed by atoms with Crippen LogP contribution in [0, 0.1) is 11.3 Å². The molecule has 3 aromatic rings. The SMILES string of the molecule is COc1ccc([C@@H]2C(C#N)=C(N)Oc3c2c(=O)n(C)c2ccccc32)c(OC)c1. The summed E-state index contributed by atoms with van der Waals surface area (Å²) in [4.78, 5) is 13.3. The van der Waals surface area contributed by atoms with Crippen LogP contribution in [0.25, 0.3) is 10.9 Å². The number of hydrogen-bond acceptors (Lipinski definition) is 6. The summed E-state index contributed by atoms with van der Waals surface area (Å²) < 4.78 is 18.2. The largest absolute Gasteiger partial charge is 0.497 e. The Hall–Kier alpha value is -3.92. The Morgan fingerprint density at radius 3 is 2.62 bits per heavy atom. The van der Waals surface area contributed by atoms with Crippen LogP contribution in [0.4, 0.5) is 0 Å². The summed E-state index contributed by atoms with van der Waals surface area (Å²) in [6, 6.07) is 14.8. The van der Waals surface area contributed by atoms with Gasteiger partial charge in [-0.3, -0.25) is 4.79 Å². The van der Waals surface area contributed by atoms with E-state index in [9.17, 15) is 10.1 Å². The summed E-state index contributed by atoms with van der Waals surface area (Å²) in [5.41, 5.74) is 7.71. The summed E-state index contributed by atoms with van der Waals surface area (Å²) in [5.74, 6) is 0.690. The third-order valence-electron chi connectivity index (χ3n) is 5.22. The van der Waals surface area contributed by atoms with Crippen molar-refractivity contribution in [3.8, 4) is 23.3 Å². The molecule has 4 rings (SSSR count). The highest BCUT2D eigenvalue weighted by Gasteiger charge is 2.36. The number of fused-ring (bicyclic) bond motifs is 3. The Kier molecular flexibility index (Phi) is 4.40. The van der Waals surface area contributed by atoms with Crippen LogP contribution in [0.5, 0.6) is 17.2 Å². The van der Waals surface area contributed by atoms with E-state index < -0.39 is 5.92 Å². The highest BCUT2D eigenvalue weighted by atomic mass is 16.5. The fraction of sp³-hybridized carbons (Fsp3) is 0.182. The number of rotatable bonds is 3. The molecule has 0 saturated heterocycles. The Bertz CT molecular complexity index is 1270. The maximum atomic E-state index is 13.3. The van der Waals surface area contributed by atoms with Gasteiger partial charge in [0.05, 0.1) is 31.2 Å². The molecular weight excluding hydrogens is 370 g/mol.